The predicted octanol–water partition coefficient (Wildman–Crippen LogP) is 4.57. The van der Waals surface area contributed by atoms with E-state index < -0.39 is 25.3 Å². The summed E-state index contributed by atoms with van der Waals surface area (Å²) in [7, 11) is -1.00. The molecule has 3 aromatic carbocycles. The lowest BCUT2D eigenvalue weighted by Crippen LogP contribution is -2.18. The first-order valence-corrected chi connectivity index (χ1v) is 13.3. The first-order chi connectivity index (χ1) is 20.5. The van der Waals surface area contributed by atoms with Crippen LogP contribution in [0.3, 0.4) is 0 Å². The van der Waals surface area contributed by atoms with Gasteiger partial charge in [0, 0.05) is 12.8 Å². The van der Waals surface area contributed by atoms with Crippen LogP contribution in [0.4, 0.5) is 4.39 Å². The number of cyclic esters (lactones) is 2. The van der Waals surface area contributed by atoms with Crippen LogP contribution in [-0.2, 0) is 53.1 Å². The zero-order valence-electron chi connectivity index (χ0n) is 23.8. The molecule has 0 aromatic heterocycles. The molecule has 1 N–H and O–H groups in total. The van der Waals surface area contributed by atoms with Crippen molar-refractivity contribution in [1.82, 2.24) is 0 Å². The van der Waals surface area contributed by atoms with Gasteiger partial charge in [-0.2, -0.15) is 0 Å². The van der Waals surface area contributed by atoms with Crippen molar-refractivity contribution in [2.24, 2.45) is 0 Å². The zero-order valence-corrected chi connectivity index (χ0v) is 22.8. The van der Waals surface area contributed by atoms with Crippen molar-refractivity contribution in [2.75, 3.05) is 20.4 Å². The van der Waals surface area contributed by atoms with Crippen molar-refractivity contribution >= 4 is 11.9 Å². The predicted molar refractivity (Wildman–Crippen MR) is 149 cm³/mol. The van der Waals surface area contributed by atoms with Gasteiger partial charge < -0.3 is 28.8 Å². The van der Waals surface area contributed by atoms with Gasteiger partial charge in [-0.15, -0.1) is 0 Å². The maximum absolute atomic E-state index is 11.8. The Bertz CT molecular complexity index is 1170. The molecule has 41 heavy (non-hydrogen) atoms. The molecule has 9 heteroatoms. The number of halogens is 1. The number of esters is 2. The Hall–Kier alpha value is -3.63. The van der Waals surface area contributed by atoms with Crippen LogP contribution in [0.5, 0.6) is 0 Å². The molecular weight excluding hydrogens is 531 g/mol. The summed E-state index contributed by atoms with van der Waals surface area (Å²) < 4.78 is 42.4. The largest absolute Gasteiger partial charge is 0.458 e. The van der Waals surface area contributed by atoms with Crippen LogP contribution < -0.4 is 0 Å². The quantitative estimate of drug-likeness (QED) is 0.335. The monoisotopic (exact) mass is 569 g/mol. The van der Waals surface area contributed by atoms with E-state index in [-0.39, 0.29) is 18.2 Å². The van der Waals surface area contributed by atoms with Crippen LogP contribution in [0.15, 0.2) is 91.0 Å². The average Bonchev–Trinajstić information content (AvgIpc) is 3.53. The zero-order chi connectivity index (χ0) is 30.0. The van der Waals surface area contributed by atoms with Gasteiger partial charge in [0.15, 0.2) is 12.2 Å². The van der Waals surface area contributed by atoms with Gasteiger partial charge in [-0.05, 0) is 16.7 Å². The van der Waals surface area contributed by atoms with Crippen molar-refractivity contribution in [3.63, 3.8) is 0 Å². The summed E-state index contributed by atoms with van der Waals surface area (Å²) in [4.78, 5) is 22.7. The number of aliphatic hydroxyl groups excluding tert-OH is 1. The minimum atomic E-state index is -1.00. The topological polar surface area (TPSA) is 101 Å². The molecule has 4 atom stereocenters. The van der Waals surface area contributed by atoms with Crippen LogP contribution >= 0.6 is 0 Å². The lowest BCUT2D eigenvalue weighted by molar-refractivity contribution is -0.151. The summed E-state index contributed by atoms with van der Waals surface area (Å²) in [5.74, 6) is -0.845. The maximum atomic E-state index is 11.8. The lowest BCUT2D eigenvalue weighted by Gasteiger charge is -2.10. The fourth-order valence-electron chi connectivity index (χ4n) is 4.14. The average molecular weight is 570 g/mol. The molecule has 0 radical (unpaired) electrons. The maximum Gasteiger partial charge on any atom is 0.335 e. The third-order valence-electron chi connectivity index (χ3n) is 6.19. The second kappa shape index (κ2) is 17.9. The number of hydrogen-bond acceptors (Lipinski definition) is 8. The molecule has 220 valence electrons. The van der Waals surface area contributed by atoms with Gasteiger partial charge in [0.05, 0.1) is 41.6 Å². The van der Waals surface area contributed by atoms with Gasteiger partial charge in [-0.1, -0.05) is 91.0 Å². The van der Waals surface area contributed by atoms with E-state index in [1.807, 2.05) is 91.0 Å². The molecule has 0 spiro atoms. The molecule has 0 amide bonds. The van der Waals surface area contributed by atoms with Gasteiger partial charge in [-0.3, -0.25) is 4.39 Å². The minimum Gasteiger partial charge on any atom is -0.458 e. The highest BCUT2D eigenvalue weighted by Gasteiger charge is 2.35. The highest BCUT2D eigenvalue weighted by molar-refractivity contribution is 5.77. The van der Waals surface area contributed by atoms with Crippen LogP contribution in [0.1, 0.15) is 30.9 Å². The summed E-state index contributed by atoms with van der Waals surface area (Å²) >= 11 is 0. The van der Waals surface area contributed by atoms with Crippen molar-refractivity contribution in [3.05, 3.63) is 108 Å². The van der Waals surface area contributed by atoms with E-state index in [0.29, 0.717) is 45.9 Å². The third-order valence-corrected chi connectivity index (χ3v) is 6.19. The van der Waals surface area contributed by atoms with Gasteiger partial charge in [0.2, 0.25) is 0 Å². The molecule has 2 aliphatic rings. The smallest absolute Gasteiger partial charge is 0.335 e. The number of carbonyl (C=O) groups excluding carboxylic acids is 2. The highest BCUT2D eigenvalue weighted by Crippen LogP contribution is 2.20. The van der Waals surface area contributed by atoms with E-state index in [0.717, 1.165) is 16.7 Å². The van der Waals surface area contributed by atoms with Crippen molar-refractivity contribution in [2.45, 2.75) is 57.1 Å². The molecule has 0 unspecified atom stereocenters. The Morgan fingerprint density at radius 1 is 0.732 bits per heavy atom. The molecule has 3 aromatic rings. The standard InChI is InChI=1S/C19H20O4.C12H14O4.CH3F/c20-19-18(22-13-16-9-5-2-6-10-16)11-17(23-19)14-21-12-15-7-3-1-4-8-15;13-11-6-10(16-12(11)14)8-15-7-9-4-2-1-3-5-9;1-2/h1-10,17-18H,11-14H2;1-5,10-11,13H,6-8H2;1H3/t17-,18+;10-,11+;/m00./s1/i;;1D. The van der Waals surface area contributed by atoms with Gasteiger partial charge in [0.1, 0.15) is 12.2 Å². The number of rotatable bonds is 11. The van der Waals surface area contributed by atoms with E-state index in [1.54, 1.807) is 0 Å². The molecule has 0 bridgehead atoms. The van der Waals surface area contributed by atoms with Gasteiger partial charge in [0.25, 0.3) is 0 Å². The highest BCUT2D eigenvalue weighted by atomic mass is 19.1. The molecule has 0 saturated carbocycles. The second-order valence-corrected chi connectivity index (χ2v) is 9.39. The second-order valence-electron chi connectivity index (χ2n) is 9.39. The molecule has 2 fully saturated rings. The van der Waals surface area contributed by atoms with Crippen LogP contribution in [-0.4, -0.2) is 61.8 Å². The number of benzene rings is 3. The van der Waals surface area contributed by atoms with E-state index in [2.05, 4.69) is 0 Å². The van der Waals surface area contributed by atoms with E-state index >= 15 is 0 Å². The van der Waals surface area contributed by atoms with Crippen LogP contribution in [0.2, 0.25) is 0 Å². The molecule has 2 heterocycles. The van der Waals surface area contributed by atoms with Crippen molar-refractivity contribution < 1.29 is 44.1 Å². The first-order valence-electron chi connectivity index (χ1n) is 14.0. The SMILES string of the molecule is O=C1O[C@H](COCc2ccccc2)C[C@H]1O.O=C1O[C@H](COCc2ccccc2)C[C@H]1OCc1ccccc1.[2H]CF. The number of carbonyl (C=O) groups is 2. The number of aliphatic hydroxyl groups is 1. The summed E-state index contributed by atoms with van der Waals surface area (Å²) in [6, 6.07) is 29.5. The Kier molecular flexibility index (Phi) is 13.3. The summed E-state index contributed by atoms with van der Waals surface area (Å²) in [5.41, 5.74) is 3.23. The van der Waals surface area contributed by atoms with Crippen molar-refractivity contribution in [1.29, 1.82) is 0 Å². The minimum absolute atomic E-state index is 0.230. The molecule has 5 rings (SSSR count). The third kappa shape index (κ3) is 11.4. The Labute approximate surface area is 241 Å². The van der Waals surface area contributed by atoms with Gasteiger partial charge in [-0.25, -0.2) is 9.59 Å². The fourth-order valence-corrected chi connectivity index (χ4v) is 4.14. The summed E-state index contributed by atoms with van der Waals surface area (Å²) in [5, 5.41) is 9.15. The van der Waals surface area contributed by atoms with Crippen LogP contribution in [0.25, 0.3) is 0 Å². The first kappa shape index (κ1) is 30.3. The molecule has 0 aliphatic carbocycles. The van der Waals surface area contributed by atoms with Crippen LogP contribution in [0, 0.1) is 0 Å². The lowest BCUT2D eigenvalue weighted by atomic mass is 10.2. The molecule has 2 aliphatic heterocycles. The molecular formula is C32H37FO8. The molecule has 2 saturated heterocycles. The van der Waals surface area contributed by atoms with Crippen molar-refractivity contribution in [3.8, 4) is 0 Å². The molecule has 8 nitrogen and oxygen atoms in total. The Morgan fingerprint density at radius 3 is 1.59 bits per heavy atom. The normalized spacial score (nSPS) is 21.5. The van der Waals surface area contributed by atoms with Gasteiger partial charge >= 0.3 is 11.9 Å². The number of ether oxygens (including phenoxy) is 5. The summed E-state index contributed by atoms with van der Waals surface area (Å²) in [6.07, 6.45) is -1.15. The Morgan fingerprint density at radius 2 is 1.15 bits per heavy atom. The van der Waals surface area contributed by atoms with E-state index in [4.69, 9.17) is 30.2 Å². The number of hydrogen-bond donors (Lipinski definition) is 1. The van der Waals surface area contributed by atoms with E-state index in [9.17, 15) is 14.0 Å². The summed E-state index contributed by atoms with van der Waals surface area (Å²) in [6.45, 7) is 2.15. The Balaban J connectivity index is 0.000000222. The fraction of sp³-hybridized carbons (Fsp3) is 0.375. The van der Waals surface area contributed by atoms with E-state index in [1.165, 1.54) is 0 Å². The number of alkyl halides is 1.